The van der Waals surface area contributed by atoms with Crippen LogP contribution >= 0.6 is 0 Å². The van der Waals surface area contributed by atoms with Crippen molar-refractivity contribution in [2.45, 2.75) is 12.8 Å². The third kappa shape index (κ3) is 4.59. The highest BCUT2D eigenvalue weighted by Gasteiger charge is 2.23. The summed E-state index contributed by atoms with van der Waals surface area (Å²) in [5, 5.41) is 11.7. The molecular formula is C15H21N5O3S. The van der Waals surface area contributed by atoms with Gasteiger partial charge in [-0.1, -0.05) is 6.07 Å². The summed E-state index contributed by atoms with van der Waals surface area (Å²) in [6.07, 6.45) is 1.61. The predicted molar refractivity (Wildman–Crippen MR) is 91.6 cm³/mol. The number of amides is 2. The predicted octanol–water partition coefficient (Wildman–Crippen LogP) is 1.67. The van der Waals surface area contributed by atoms with E-state index < -0.39 is 10.2 Å². The topological polar surface area (TPSA) is 106 Å². The second-order valence-electron chi connectivity index (χ2n) is 5.81. The van der Waals surface area contributed by atoms with Crippen LogP contribution in [-0.4, -0.2) is 50.8 Å². The lowest BCUT2D eigenvalue weighted by atomic mass is 10.0. The van der Waals surface area contributed by atoms with Gasteiger partial charge >= 0.3 is 16.2 Å². The van der Waals surface area contributed by atoms with Gasteiger partial charge in [-0.25, -0.2) is 4.79 Å². The largest absolute Gasteiger partial charge is 0.323 e. The number of benzene rings is 1. The van der Waals surface area contributed by atoms with E-state index in [4.69, 9.17) is 5.26 Å². The zero-order chi connectivity index (χ0) is 17.7. The van der Waals surface area contributed by atoms with E-state index in [1.54, 1.807) is 29.2 Å². The van der Waals surface area contributed by atoms with E-state index in [9.17, 15) is 13.2 Å². The van der Waals surface area contributed by atoms with Crippen LogP contribution in [0.4, 0.5) is 16.2 Å². The Hall–Kier alpha value is -2.31. The van der Waals surface area contributed by atoms with Crippen molar-refractivity contribution in [2.75, 3.05) is 37.2 Å². The van der Waals surface area contributed by atoms with Crippen LogP contribution in [0.15, 0.2) is 24.3 Å². The van der Waals surface area contributed by atoms with Crippen LogP contribution in [0.3, 0.4) is 0 Å². The van der Waals surface area contributed by atoms with Gasteiger partial charge < -0.3 is 10.2 Å². The smallest absolute Gasteiger partial charge is 0.321 e. The molecule has 1 aromatic carbocycles. The SMILES string of the molecule is CN(C)S(=O)(=O)Nc1cccc(NC(=O)N2CCC[C@@H](C#N)C2)c1. The minimum absolute atomic E-state index is 0.136. The summed E-state index contributed by atoms with van der Waals surface area (Å²) in [6.45, 7) is 1.02. The number of carbonyl (C=O) groups is 1. The molecule has 0 aliphatic carbocycles. The molecular weight excluding hydrogens is 330 g/mol. The number of nitrogens with one attached hydrogen (secondary N) is 2. The van der Waals surface area contributed by atoms with Gasteiger partial charge in [0.25, 0.3) is 0 Å². The molecule has 2 N–H and O–H groups in total. The minimum atomic E-state index is -3.60. The van der Waals surface area contributed by atoms with Gasteiger partial charge in [0.2, 0.25) is 0 Å². The summed E-state index contributed by atoms with van der Waals surface area (Å²) in [5.41, 5.74) is 0.841. The molecule has 1 heterocycles. The fraction of sp³-hybridized carbons (Fsp3) is 0.467. The summed E-state index contributed by atoms with van der Waals surface area (Å²) < 4.78 is 27.2. The summed E-state index contributed by atoms with van der Waals surface area (Å²) in [5.74, 6) is -0.136. The lowest BCUT2D eigenvalue weighted by Crippen LogP contribution is -2.42. The van der Waals surface area contributed by atoms with E-state index in [1.165, 1.54) is 14.1 Å². The first-order valence-electron chi connectivity index (χ1n) is 7.57. The van der Waals surface area contributed by atoms with Gasteiger partial charge in [0.1, 0.15) is 0 Å². The summed E-state index contributed by atoms with van der Waals surface area (Å²) in [6, 6.07) is 8.38. The van der Waals surface area contributed by atoms with Gasteiger partial charge in [-0.2, -0.15) is 18.0 Å². The van der Waals surface area contributed by atoms with Crippen molar-refractivity contribution in [3.05, 3.63) is 24.3 Å². The van der Waals surface area contributed by atoms with E-state index in [0.717, 1.165) is 17.1 Å². The lowest BCUT2D eigenvalue weighted by molar-refractivity contribution is 0.189. The van der Waals surface area contributed by atoms with Crippen molar-refractivity contribution in [1.82, 2.24) is 9.21 Å². The highest BCUT2D eigenvalue weighted by molar-refractivity contribution is 7.90. The quantitative estimate of drug-likeness (QED) is 0.860. The number of likely N-dealkylation sites (tertiary alicyclic amines) is 1. The molecule has 1 atom stereocenters. The molecule has 24 heavy (non-hydrogen) atoms. The highest BCUT2D eigenvalue weighted by Crippen LogP contribution is 2.19. The fourth-order valence-electron chi connectivity index (χ4n) is 2.37. The van der Waals surface area contributed by atoms with Crippen LogP contribution in [0.1, 0.15) is 12.8 Å². The number of nitriles is 1. The van der Waals surface area contributed by atoms with E-state index in [1.807, 2.05) is 0 Å². The minimum Gasteiger partial charge on any atom is -0.323 e. The maximum Gasteiger partial charge on any atom is 0.321 e. The molecule has 0 saturated carbocycles. The number of hydrogen-bond acceptors (Lipinski definition) is 4. The molecule has 2 amide bonds. The first-order valence-corrected chi connectivity index (χ1v) is 9.01. The van der Waals surface area contributed by atoms with Gasteiger partial charge in [-0.15, -0.1) is 0 Å². The third-order valence-corrected chi connectivity index (χ3v) is 5.19. The van der Waals surface area contributed by atoms with Gasteiger partial charge in [-0.05, 0) is 31.0 Å². The molecule has 1 fully saturated rings. The van der Waals surface area contributed by atoms with Crippen molar-refractivity contribution >= 4 is 27.6 Å². The Balaban J connectivity index is 2.04. The Morgan fingerprint density at radius 1 is 1.38 bits per heavy atom. The average molecular weight is 351 g/mol. The summed E-state index contributed by atoms with van der Waals surface area (Å²) in [7, 11) is -0.750. The average Bonchev–Trinajstić information content (AvgIpc) is 2.54. The molecule has 9 heteroatoms. The number of piperidine rings is 1. The molecule has 8 nitrogen and oxygen atoms in total. The molecule has 0 spiro atoms. The second kappa shape index (κ2) is 7.51. The summed E-state index contributed by atoms with van der Waals surface area (Å²) >= 11 is 0. The number of rotatable bonds is 4. The molecule has 1 saturated heterocycles. The molecule has 0 aromatic heterocycles. The fourth-order valence-corrected chi connectivity index (χ4v) is 2.98. The normalized spacial score (nSPS) is 18.1. The number of urea groups is 1. The van der Waals surface area contributed by atoms with E-state index in [0.29, 0.717) is 24.5 Å². The second-order valence-corrected chi connectivity index (χ2v) is 7.70. The van der Waals surface area contributed by atoms with Crippen molar-refractivity contribution in [3.8, 4) is 6.07 Å². The van der Waals surface area contributed by atoms with Crippen LogP contribution in [0.25, 0.3) is 0 Å². The molecule has 130 valence electrons. The number of anilines is 2. The van der Waals surface area contributed by atoms with Crippen LogP contribution < -0.4 is 10.0 Å². The Kier molecular flexibility index (Phi) is 5.64. The molecule has 1 aliphatic heterocycles. The van der Waals surface area contributed by atoms with E-state index in [-0.39, 0.29) is 11.9 Å². The molecule has 2 rings (SSSR count). The van der Waals surface area contributed by atoms with Crippen molar-refractivity contribution in [1.29, 1.82) is 5.26 Å². The Bertz CT molecular complexity index is 742. The maximum atomic E-state index is 12.3. The van der Waals surface area contributed by atoms with Crippen LogP contribution in [-0.2, 0) is 10.2 Å². The Labute approximate surface area is 142 Å². The van der Waals surface area contributed by atoms with Crippen LogP contribution in [0.5, 0.6) is 0 Å². The molecule has 1 aromatic rings. The monoisotopic (exact) mass is 351 g/mol. The molecule has 0 bridgehead atoms. The van der Waals surface area contributed by atoms with Crippen molar-refractivity contribution < 1.29 is 13.2 Å². The third-order valence-electron chi connectivity index (χ3n) is 3.73. The molecule has 1 aliphatic rings. The standard InChI is InChI=1S/C15H21N5O3S/c1-19(2)24(22,23)18-14-7-3-6-13(9-14)17-15(21)20-8-4-5-12(10-16)11-20/h3,6-7,9,12,18H,4-5,8,11H2,1-2H3,(H,17,21)/t12-/m0/s1. The van der Waals surface area contributed by atoms with Crippen molar-refractivity contribution in [2.24, 2.45) is 5.92 Å². The van der Waals surface area contributed by atoms with Gasteiger partial charge in [0.05, 0.1) is 17.7 Å². The Morgan fingerprint density at radius 3 is 2.75 bits per heavy atom. The van der Waals surface area contributed by atoms with Gasteiger partial charge in [0.15, 0.2) is 0 Å². The number of nitrogens with zero attached hydrogens (tertiary/aromatic N) is 3. The number of carbonyl (C=O) groups excluding carboxylic acids is 1. The van der Waals surface area contributed by atoms with Gasteiger partial charge in [0, 0.05) is 32.9 Å². The zero-order valence-corrected chi connectivity index (χ0v) is 14.5. The number of hydrogen-bond donors (Lipinski definition) is 2. The molecule has 0 radical (unpaired) electrons. The van der Waals surface area contributed by atoms with Gasteiger partial charge in [-0.3, -0.25) is 4.72 Å². The molecule has 0 unspecified atom stereocenters. The Morgan fingerprint density at radius 2 is 2.08 bits per heavy atom. The van der Waals surface area contributed by atoms with E-state index >= 15 is 0 Å². The van der Waals surface area contributed by atoms with Crippen LogP contribution in [0.2, 0.25) is 0 Å². The first-order chi connectivity index (χ1) is 11.3. The zero-order valence-electron chi connectivity index (χ0n) is 13.7. The van der Waals surface area contributed by atoms with E-state index in [2.05, 4.69) is 16.1 Å². The van der Waals surface area contributed by atoms with Crippen LogP contribution in [0, 0.1) is 17.2 Å². The summed E-state index contributed by atoms with van der Waals surface area (Å²) in [4.78, 5) is 13.9. The lowest BCUT2D eigenvalue weighted by Gasteiger charge is -2.29. The van der Waals surface area contributed by atoms with Crippen molar-refractivity contribution in [3.63, 3.8) is 0 Å². The highest BCUT2D eigenvalue weighted by atomic mass is 32.2. The maximum absolute atomic E-state index is 12.3. The first kappa shape index (κ1) is 18.0.